The molecule has 0 atom stereocenters. The van der Waals surface area contributed by atoms with Gasteiger partial charge < -0.3 is 10.4 Å². The van der Waals surface area contributed by atoms with Gasteiger partial charge in [0.15, 0.2) is 0 Å². The summed E-state index contributed by atoms with van der Waals surface area (Å²) in [4.78, 5) is 0. The highest BCUT2D eigenvalue weighted by molar-refractivity contribution is 5.71. The van der Waals surface area contributed by atoms with Crippen LogP contribution in [0.4, 0.5) is 0 Å². The highest BCUT2D eigenvalue weighted by Crippen LogP contribution is 2.07. The quantitative estimate of drug-likeness (QED) is 0.535. The Labute approximate surface area is 93.6 Å². The number of nitrogens with one attached hydrogen (secondary N) is 1. The first-order chi connectivity index (χ1) is 6.91. The van der Waals surface area contributed by atoms with Crippen molar-refractivity contribution in [3.05, 3.63) is 11.8 Å². The minimum Gasteiger partial charge on any atom is -0.323 e. The molecular formula is C11H24N4. The summed E-state index contributed by atoms with van der Waals surface area (Å²) < 4.78 is 0. The maximum Gasteiger partial charge on any atom is 0.0487 e. The Bertz CT molecular complexity index is 205. The molecule has 0 aromatic heterocycles. The van der Waals surface area contributed by atoms with Gasteiger partial charge in [0.2, 0.25) is 0 Å². The van der Waals surface area contributed by atoms with Gasteiger partial charge in [-0.05, 0) is 18.4 Å². The Balaban J connectivity index is 4.33. The lowest BCUT2D eigenvalue weighted by molar-refractivity contribution is 0.316. The van der Waals surface area contributed by atoms with Crippen molar-refractivity contribution in [1.82, 2.24) is 15.4 Å². The molecule has 0 unspecified atom stereocenters. The smallest absolute Gasteiger partial charge is 0.0487 e. The number of allylic oxidation sites excluding steroid dienone is 2. The van der Waals surface area contributed by atoms with Crippen LogP contribution in [0.1, 0.15) is 20.3 Å². The molecule has 88 valence electrons. The largest absolute Gasteiger partial charge is 0.323 e. The zero-order chi connectivity index (χ0) is 11.8. The van der Waals surface area contributed by atoms with Gasteiger partial charge in [-0.3, -0.25) is 0 Å². The van der Waals surface area contributed by atoms with Crippen molar-refractivity contribution in [2.75, 3.05) is 28.2 Å². The molecule has 0 spiro atoms. The summed E-state index contributed by atoms with van der Waals surface area (Å²) in [6, 6.07) is 0. The van der Waals surface area contributed by atoms with Crippen LogP contribution >= 0.6 is 0 Å². The van der Waals surface area contributed by atoms with Crippen molar-refractivity contribution < 1.29 is 0 Å². The van der Waals surface area contributed by atoms with Crippen LogP contribution in [0.15, 0.2) is 16.9 Å². The molecule has 0 radical (unpaired) electrons. The minimum atomic E-state index is 0.636. The zero-order valence-electron chi connectivity index (χ0n) is 10.8. The molecule has 15 heavy (non-hydrogen) atoms. The molecule has 1 N–H and O–H groups in total. The summed E-state index contributed by atoms with van der Waals surface area (Å²) in [7, 11) is 7.78. The molecule has 0 aliphatic rings. The second-order valence-electron chi connectivity index (χ2n) is 4.41. The Morgan fingerprint density at radius 3 is 2.27 bits per heavy atom. The van der Waals surface area contributed by atoms with E-state index in [0.717, 1.165) is 6.42 Å². The van der Waals surface area contributed by atoms with Crippen molar-refractivity contribution in [2.45, 2.75) is 20.3 Å². The summed E-state index contributed by atoms with van der Waals surface area (Å²) in [5.74, 6) is 0.636. The van der Waals surface area contributed by atoms with Crippen LogP contribution in [-0.2, 0) is 0 Å². The normalized spacial score (nSPS) is 12.9. The third kappa shape index (κ3) is 9.28. The van der Waals surface area contributed by atoms with E-state index in [4.69, 9.17) is 0 Å². The van der Waals surface area contributed by atoms with E-state index in [2.05, 4.69) is 24.4 Å². The van der Waals surface area contributed by atoms with E-state index in [9.17, 15) is 0 Å². The fourth-order valence-corrected chi connectivity index (χ4v) is 1.13. The molecule has 0 aromatic carbocycles. The molecule has 0 aliphatic carbocycles. The zero-order valence-corrected chi connectivity index (χ0v) is 10.8. The van der Waals surface area contributed by atoms with Gasteiger partial charge in [0, 0.05) is 40.1 Å². The van der Waals surface area contributed by atoms with Gasteiger partial charge in [-0.1, -0.05) is 13.8 Å². The molecule has 0 bridgehead atoms. The average Bonchev–Trinajstić information content (AvgIpc) is 2.00. The van der Waals surface area contributed by atoms with Crippen LogP contribution in [0.25, 0.3) is 0 Å². The lowest BCUT2D eigenvalue weighted by Crippen LogP contribution is -2.30. The van der Waals surface area contributed by atoms with E-state index in [1.807, 2.05) is 45.5 Å². The Morgan fingerprint density at radius 1 is 1.27 bits per heavy atom. The third-order valence-corrected chi connectivity index (χ3v) is 1.57. The van der Waals surface area contributed by atoms with Gasteiger partial charge in [-0.2, -0.15) is 5.10 Å². The number of hydrogen-bond donors (Lipinski definition) is 1. The molecule has 0 amide bonds. The SMILES string of the molecule is CC(C)C/C(=C/C=N/N(C)C)NN(C)C. The van der Waals surface area contributed by atoms with Gasteiger partial charge >= 0.3 is 0 Å². The number of hydrazone groups is 1. The monoisotopic (exact) mass is 212 g/mol. The average molecular weight is 212 g/mol. The van der Waals surface area contributed by atoms with E-state index < -0.39 is 0 Å². The van der Waals surface area contributed by atoms with Crippen molar-refractivity contribution in [1.29, 1.82) is 0 Å². The Kier molecular flexibility index (Phi) is 6.79. The van der Waals surface area contributed by atoms with Crippen LogP contribution in [0.5, 0.6) is 0 Å². The fraction of sp³-hybridized carbons (Fsp3) is 0.727. The predicted molar refractivity (Wildman–Crippen MR) is 66.5 cm³/mol. The van der Waals surface area contributed by atoms with Gasteiger partial charge in [0.25, 0.3) is 0 Å². The topological polar surface area (TPSA) is 30.9 Å². The van der Waals surface area contributed by atoms with E-state index in [1.165, 1.54) is 5.70 Å². The summed E-state index contributed by atoms with van der Waals surface area (Å²) in [6.45, 7) is 4.41. The molecule has 0 aromatic rings. The van der Waals surface area contributed by atoms with E-state index in [1.54, 1.807) is 5.01 Å². The molecule has 0 rings (SSSR count). The molecular weight excluding hydrogens is 188 g/mol. The van der Waals surface area contributed by atoms with Crippen LogP contribution in [0.3, 0.4) is 0 Å². The standard InChI is InChI=1S/C11H24N4/c1-10(2)9-11(13-15(5)6)7-8-12-14(3)4/h7-8,10,13H,9H2,1-6H3/b11-7-,12-8+. The van der Waals surface area contributed by atoms with Gasteiger partial charge in [0.1, 0.15) is 0 Å². The van der Waals surface area contributed by atoms with Crippen molar-refractivity contribution in [3.8, 4) is 0 Å². The maximum absolute atomic E-state index is 4.15. The molecule has 0 saturated heterocycles. The number of hydrogen-bond acceptors (Lipinski definition) is 4. The van der Waals surface area contributed by atoms with Crippen LogP contribution in [0, 0.1) is 5.92 Å². The van der Waals surface area contributed by atoms with Crippen molar-refractivity contribution >= 4 is 6.21 Å². The lowest BCUT2D eigenvalue weighted by atomic mass is 10.1. The summed E-state index contributed by atoms with van der Waals surface area (Å²) in [5, 5.41) is 7.87. The molecule has 4 nitrogen and oxygen atoms in total. The molecule has 0 aliphatic heterocycles. The predicted octanol–water partition coefficient (Wildman–Crippen LogP) is 1.53. The number of hydrazine groups is 1. The maximum atomic E-state index is 4.15. The van der Waals surface area contributed by atoms with E-state index in [0.29, 0.717) is 5.92 Å². The first-order valence-electron chi connectivity index (χ1n) is 5.26. The molecule has 0 heterocycles. The van der Waals surface area contributed by atoms with Crippen LogP contribution < -0.4 is 5.43 Å². The number of rotatable bonds is 6. The van der Waals surface area contributed by atoms with Gasteiger partial charge in [-0.25, -0.2) is 5.01 Å². The van der Waals surface area contributed by atoms with Crippen molar-refractivity contribution in [3.63, 3.8) is 0 Å². The summed E-state index contributed by atoms with van der Waals surface area (Å²) in [5.41, 5.74) is 4.45. The van der Waals surface area contributed by atoms with Gasteiger partial charge in [0.05, 0.1) is 0 Å². The molecule has 0 saturated carbocycles. The lowest BCUT2D eigenvalue weighted by Gasteiger charge is -2.18. The second-order valence-corrected chi connectivity index (χ2v) is 4.41. The van der Waals surface area contributed by atoms with Crippen molar-refractivity contribution in [2.24, 2.45) is 11.0 Å². The highest BCUT2D eigenvalue weighted by atomic mass is 15.5. The summed E-state index contributed by atoms with van der Waals surface area (Å²) in [6.07, 6.45) is 4.85. The number of nitrogens with zero attached hydrogens (tertiary/aromatic N) is 3. The van der Waals surface area contributed by atoms with Crippen LogP contribution in [-0.4, -0.2) is 44.4 Å². The van der Waals surface area contributed by atoms with Crippen LogP contribution in [0.2, 0.25) is 0 Å². The molecule has 4 heteroatoms. The first-order valence-corrected chi connectivity index (χ1v) is 5.26. The first kappa shape index (κ1) is 14.0. The van der Waals surface area contributed by atoms with E-state index in [-0.39, 0.29) is 0 Å². The molecule has 0 fully saturated rings. The second kappa shape index (κ2) is 7.29. The Hall–Kier alpha value is -1.03. The van der Waals surface area contributed by atoms with Gasteiger partial charge in [-0.15, -0.1) is 0 Å². The highest BCUT2D eigenvalue weighted by Gasteiger charge is 2.00. The van der Waals surface area contributed by atoms with E-state index >= 15 is 0 Å². The third-order valence-electron chi connectivity index (χ3n) is 1.57. The Morgan fingerprint density at radius 2 is 1.87 bits per heavy atom. The fourth-order valence-electron chi connectivity index (χ4n) is 1.13. The summed E-state index contributed by atoms with van der Waals surface area (Å²) >= 11 is 0. The minimum absolute atomic E-state index is 0.636.